The van der Waals surface area contributed by atoms with E-state index < -0.39 is 10.0 Å². The quantitative estimate of drug-likeness (QED) is 0.514. The maximum atomic E-state index is 12.7. The van der Waals surface area contributed by atoms with Crippen LogP contribution in [-0.4, -0.2) is 14.3 Å². The molecule has 6 heteroatoms. The molecule has 0 saturated heterocycles. The molecule has 0 aliphatic carbocycles. The lowest BCUT2D eigenvalue weighted by Crippen LogP contribution is -2.16. The Labute approximate surface area is 158 Å². The number of benzene rings is 3. The Bertz CT molecular complexity index is 1010. The number of sulfonamides is 1. The maximum Gasteiger partial charge on any atom is 0.284 e. The normalized spacial score (nSPS) is 12.0. The minimum absolute atomic E-state index is 0.0843. The van der Waals surface area contributed by atoms with Gasteiger partial charge in [0.1, 0.15) is 0 Å². The molecule has 0 aliphatic rings. The van der Waals surface area contributed by atoms with E-state index in [9.17, 15) is 8.42 Å². The fourth-order valence-electron chi connectivity index (χ4n) is 2.30. The van der Waals surface area contributed by atoms with E-state index in [0.29, 0.717) is 10.6 Å². The lowest BCUT2D eigenvalue weighted by molar-refractivity contribution is 0.598. The van der Waals surface area contributed by atoms with E-state index in [1.807, 2.05) is 49.4 Å². The van der Waals surface area contributed by atoms with E-state index in [0.717, 1.165) is 11.3 Å². The van der Waals surface area contributed by atoms with Crippen molar-refractivity contribution in [3.8, 4) is 0 Å². The Morgan fingerprint density at radius 1 is 0.885 bits per heavy atom. The summed E-state index contributed by atoms with van der Waals surface area (Å²) in [4.78, 5) is 0.0843. The molecule has 1 N–H and O–H groups in total. The number of nitrogens with zero attached hydrogens (tertiary/aromatic N) is 1. The molecule has 0 spiro atoms. The predicted octanol–water partition coefficient (Wildman–Crippen LogP) is 4.90. The zero-order chi connectivity index (χ0) is 18.6. The maximum absolute atomic E-state index is 12.7. The average molecular weight is 385 g/mol. The Balaban J connectivity index is 2.03. The Hall–Kier alpha value is -2.63. The Morgan fingerprint density at radius 3 is 2.12 bits per heavy atom. The van der Waals surface area contributed by atoms with E-state index in [4.69, 9.17) is 11.6 Å². The molecule has 0 saturated carbocycles. The number of aryl methyl sites for hydroxylation is 1. The van der Waals surface area contributed by atoms with Crippen LogP contribution >= 0.6 is 11.6 Å². The molecular weight excluding hydrogens is 368 g/mol. The van der Waals surface area contributed by atoms with Gasteiger partial charge < -0.3 is 5.32 Å². The molecule has 4 nitrogen and oxygen atoms in total. The molecule has 0 heterocycles. The molecule has 3 rings (SSSR count). The van der Waals surface area contributed by atoms with Gasteiger partial charge in [0.25, 0.3) is 10.0 Å². The van der Waals surface area contributed by atoms with Gasteiger partial charge in [0, 0.05) is 16.3 Å². The van der Waals surface area contributed by atoms with Crippen LogP contribution in [-0.2, 0) is 10.0 Å². The summed E-state index contributed by atoms with van der Waals surface area (Å²) in [5.41, 5.74) is 2.54. The Kier molecular flexibility index (Phi) is 5.40. The summed E-state index contributed by atoms with van der Waals surface area (Å²) in [6.45, 7) is 1.99. The van der Waals surface area contributed by atoms with Gasteiger partial charge in [-0.2, -0.15) is 8.42 Å². The van der Waals surface area contributed by atoms with Gasteiger partial charge in [-0.05, 0) is 43.3 Å². The van der Waals surface area contributed by atoms with Gasteiger partial charge in [-0.3, -0.25) is 0 Å². The van der Waals surface area contributed by atoms with E-state index >= 15 is 0 Å². The van der Waals surface area contributed by atoms with Crippen LogP contribution in [0.25, 0.3) is 0 Å². The van der Waals surface area contributed by atoms with E-state index in [1.165, 1.54) is 24.3 Å². The summed E-state index contributed by atoms with van der Waals surface area (Å²) in [7, 11) is -3.89. The average Bonchev–Trinajstić information content (AvgIpc) is 2.64. The van der Waals surface area contributed by atoms with Crippen LogP contribution < -0.4 is 5.32 Å². The highest BCUT2D eigenvalue weighted by Gasteiger charge is 2.16. The number of hydrogen-bond acceptors (Lipinski definition) is 2. The smallest absolute Gasteiger partial charge is 0.284 e. The first-order valence-corrected chi connectivity index (χ1v) is 9.75. The molecule has 3 aromatic carbocycles. The molecule has 0 radical (unpaired) electrons. The van der Waals surface area contributed by atoms with Crippen molar-refractivity contribution in [3.63, 3.8) is 0 Å². The van der Waals surface area contributed by atoms with Crippen LogP contribution in [0.5, 0.6) is 0 Å². The third-order valence-corrected chi connectivity index (χ3v) is 5.23. The second-order valence-electron chi connectivity index (χ2n) is 5.73. The molecular formula is C20H17ClN2O2S. The van der Waals surface area contributed by atoms with Crippen LogP contribution in [0.4, 0.5) is 5.69 Å². The first-order chi connectivity index (χ1) is 12.4. The van der Waals surface area contributed by atoms with Crippen molar-refractivity contribution in [2.75, 3.05) is 5.32 Å². The molecule has 26 heavy (non-hydrogen) atoms. The molecule has 0 amide bonds. The minimum Gasteiger partial charge on any atom is -0.339 e. The van der Waals surface area contributed by atoms with Crippen molar-refractivity contribution in [2.45, 2.75) is 11.8 Å². The zero-order valence-electron chi connectivity index (χ0n) is 14.1. The number of hydrogen-bond donors (Lipinski definition) is 1. The van der Waals surface area contributed by atoms with E-state index in [1.54, 1.807) is 12.1 Å². The van der Waals surface area contributed by atoms with Crippen molar-refractivity contribution >= 4 is 33.1 Å². The fourth-order valence-corrected chi connectivity index (χ4v) is 3.40. The first kappa shape index (κ1) is 18.2. The second-order valence-corrected chi connectivity index (χ2v) is 7.77. The standard InChI is InChI=1S/C20H17ClN2O2S/c1-15-7-11-18(12-8-15)22-20(16-5-3-2-4-6-16)23-26(24,25)19-13-9-17(21)10-14-19/h2-14H,1H3,(H,22,23). The van der Waals surface area contributed by atoms with Crippen LogP contribution in [0.3, 0.4) is 0 Å². The van der Waals surface area contributed by atoms with Gasteiger partial charge in [-0.15, -0.1) is 4.40 Å². The van der Waals surface area contributed by atoms with Gasteiger partial charge >= 0.3 is 0 Å². The Morgan fingerprint density at radius 2 is 1.50 bits per heavy atom. The van der Waals surface area contributed by atoms with Gasteiger partial charge in [-0.1, -0.05) is 59.6 Å². The van der Waals surface area contributed by atoms with Crippen LogP contribution in [0.2, 0.25) is 5.02 Å². The minimum atomic E-state index is -3.89. The van der Waals surface area contributed by atoms with Crippen LogP contribution in [0, 0.1) is 6.92 Å². The molecule has 3 aromatic rings. The summed E-state index contributed by atoms with van der Waals surface area (Å²) in [6.07, 6.45) is 0. The highest BCUT2D eigenvalue weighted by atomic mass is 35.5. The van der Waals surface area contributed by atoms with Crippen molar-refractivity contribution in [3.05, 3.63) is 95.0 Å². The summed E-state index contributed by atoms with van der Waals surface area (Å²) in [6, 6.07) is 22.7. The largest absolute Gasteiger partial charge is 0.339 e. The van der Waals surface area contributed by atoms with E-state index in [-0.39, 0.29) is 10.7 Å². The van der Waals surface area contributed by atoms with Gasteiger partial charge in [0.2, 0.25) is 0 Å². The second kappa shape index (κ2) is 7.72. The summed E-state index contributed by atoms with van der Waals surface area (Å²) in [5.74, 6) is 0.254. The number of amidine groups is 1. The zero-order valence-corrected chi connectivity index (χ0v) is 15.6. The van der Waals surface area contributed by atoms with Gasteiger partial charge in [-0.25, -0.2) is 0 Å². The number of nitrogens with one attached hydrogen (secondary N) is 1. The number of anilines is 1. The van der Waals surface area contributed by atoms with E-state index in [2.05, 4.69) is 9.71 Å². The monoisotopic (exact) mass is 384 g/mol. The molecule has 0 unspecified atom stereocenters. The third kappa shape index (κ3) is 4.50. The van der Waals surface area contributed by atoms with Crippen LogP contribution in [0.1, 0.15) is 11.1 Å². The topological polar surface area (TPSA) is 58.5 Å². The molecule has 0 fully saturated rings. The number of halogens is 1. The highest BCUT2D eigenvalue weighted by molar-refractivity contribution is 7.90. The third-order valence-electron chi connectivity index (χ3n) is 3.68. The van der Waals surface area contributed by atoms with Crippen LogP contribution in [0.15, 0.2) is 88.2 Å². The lowest BCUT2D eigenvalue weighted by atomic mass is 10.2. The van der Waals surface area contributed by atoms with Crippen molar-refractivity contribution in [2.24, 2.45) is 4.40 Å². The van der Waals surface area contributed by atoms with Crippen molar-refractivity contribution < 1.29 is 8.42 Å². The van der Waals surface area contributed by atoms with Gasteiger partial charge in [0.15, 0.2) is 5.84 Å². The highest BCUT2D eigenvalue weighted by Crippen LogP contribution is 2.18. The first-order valence-electron chi connectivity index (χ1n) is 7.94. The molecule has 132 valence electrons. The summed E-state index contributed by atoms with van der Waals surface area (Å²) >= 11 is 5.84. The fraction of sp³-hybridized carbons (Fsp3) is 0.0500. The molecule has 0 atom stereocenters. The van der Waals surface area contributed by atoms with Crippen molar-refractivity contribution in [1.29, 1.82) is 0 Å². The summed E-state index contributed by atoms with van der Waals surface area (Å²) < 4.78 is 29.4. The van der Waals surface area contributed by atoms with Gasteiger partial charge in [0.05, 0.1) is 4.90 Å². The SMILES string of the molecule is Cc1ccc(N/C(=N/S(=O)(=O)c2ccc(Cl)cc2)c2ccccc2)cc1. The van der Waals surface area contributed by atoms with Crippen molar-refractivity contribution in [1.82, 2.24) is 0 Å². The summed E-state index contributed by atoms with van der Waals surface area (Å²) in [5, 5.41) is 3.57. The lowest BCUT2D eigenvalue weighted by Gasteiger charge is -2.11. The number of rotatable bonds is 4. The molecule has 0 aromatic heterocycles. The molecule has 0 aliphatic heterocycles. The molecule has 0 bridgehead atoms. The predicted molar refractivity (Wildman–Crippen MR) is 106 cm³/mol.